The van der Waals surface area contributed by atoms with Gasteiger partial charge < -0.3 is 10.1 Å². The zero-order valence-corrected chi connectivity index (χ0v) is 10.2. The Hall–Kier alpha value is -0.440. The second-order valence-corrected chi connectivity index (χ2v) is 4.07. The highest BCUT2D eigenvalue weighted by Gasteiger charge is 2.16. The summed E-state index contributed by atoms with van der Waals surface area (Å²) < 4.78 is 5.77. The third-order valence-electron chi connectivity index (χ3n) is 2.40. The number of rotatable bonds is 2. The van der Waals surface area contributed by atoms with Gasteiger partial charge in [0.15, 0.2) is 0 Å². The molecule has 2 nitrogen and oxygen atoms in total. The largest absolute Gasteiger partial charge is 0.487 e. The van der Waals surface area contributed by atoms with Gasteiger partial charge in [-0.25, -0.2) is 0 Å². The number of hydrogen-bond donors (Lipinski definition) is 1. The SMILES string of the molecule is Cc1ccc(OC2CCNC2)c(Cl)c1.Cl. The van der Waals surface area contributed by atoms with Gasteiger partial charge in [-0.3, -0.25) is 0 Å². The molecule has 1 aliphatic heterocycles. The number of ether oxygens (including phenoxy) is 1. The lowest BCUT2D eigenvalue weighted by Gasteiger charge is -2.13. The van der Waals surface area contributed by atoms with Crippen LogP contribution < -0.4 is 10.1 Å². The summed E-state index contributed by atoms with van der Waals surface area (Å²) in [5.41, 5.74) is 1.16. The zero-order chi connectivity index (χ0) is 9.97. The molecule has 1 heterocycles. The molecule has 1 unspecified atom stereocenters. The standard InChI is InChI=1S/C11H14ClNO.ClH/c1-8-2-3-11(10(12)6-8)14-9-4-5-13-7-9;/h2-3,6,9,13H,4-5,7H2,1H3;1H. The van der Waals surface area contributed by atoms with Gasteiger partial charge in [0.2, 0.25) is 0 Å². The smallest absolute Gasteiger partial charge is 0.138 e. The molecule has 0 aromatic heterocycles. The number of nitrogens with one attached hydrogen (secondary N) is 1. The summed E-state index contributed by atoms with van der Waals surface area (Å²) in [6.07, 6.45) is 1.33. The number of halogens is 2. The van der Waals surface area contributed by atoms with Gasteiger partial charge in [-0.1, -0.05) is 17.7 Å². The minimum absolute atomic E-state index is 0. The van der Waals surface area contributed by atoms with Crippen molar-refractivity contribution in [1.82, 2.24) is 5.32 Å². The first kappa shape index (κ1) is 12.6. The summed E-state index contributed by atoms with van der Waals surface area (Å²) in [7, 11) is 0. The Bertz CT molecular complexity index is 324. The molecule has 1 atom stereocenters. The van der Waals surface area contributed by atoms with Crippen molar-refractivity contribution in [2.45, 2.75) is 19.4 Å². The Kier molecular flexibility index (Phi) is 4.71. The van der Waals surface area contributed by atoms with Gasteiger partial charge in [0.25, 0.3) is 0 Å². The maximum absolute atomic E-state index is 6.06. The van der Waals surface area contributed by atoms with Crippen molar-refractivity contribution in [3.8, 4) is 5.75 Å². The van der Waals surface area contributed by atoms with Crippen LogP contribution in [0.4, 0.5) is 0 Å². The fraction of sp³-hybridized carbons (Fsp3) is 0.455. The molecule has 0 saturated carbocycles. The van der Waals surface area contributed by atoms with Crippen LogP contribution in [0.5, 0.6) is 5.75 Å². The molecule has 1 N–H and O–H groups in total. The maximum Gasteiger partial charge on any atom is 0.138 e. The van der Waals surface area contributed by atoms with E-state index < -0.39 is 0 Å². The molecule has 0 radical (unpaired) electrons. The molecule has 4 heteroatoms. The normalized spacial score (nSPS) is 19.7. The van der Waals surface area contributed by atoms with Crippen LogP contribution in [0.1, 0.15) is 12.0 Å². The van der Waals surface area contributed by atoms with Crippen LogP contribution >= 0.6 is 24.0 Å². The average Bonchev–Trinajstić information content (AvgIpc) is 2.62. The minimum Gasteiger partial charge on any atom is -0.487 e. The van der Waals surface area contributed by atoms with E-state index in [1.807, 2.05) is 25.1 Å². The second kappa shape index (κ2) is 5.59. The number of aryl methyl sites for hydroxylation is 1. The molecule has 15 heavy (non-hydrogen) atoms. The van der Waals surface area contributed by atoms with E-state index >= 15 is 0 Å². The summed E-state index contributed by atoms with van der Waals surface area (Å²) >= 11 is 6.06. The number of hydrogen-bond acceptors (Lipinski definition) is 2. The molecule has 1 aromatic carbocycles. The highest BCUT2D eigenvalue weighted by Crippen LogP contribution is 2.26. The van der Waals surface area contributed by atoms with Crippen molar-refractivity contribution in [2.75, 3.05) is 13.1 Å². The van der Waals surface area contributed by atoms with E-state index in [9.17, 15) is 0 Å². The summed E-state index contributed by atoms with van der Waals surface area (Å²) in [5, 5.41) is 3.96. The quantitative estimate of drug-likeness (QED) is 0.868. The first-order chi connectivity index (χ1) is 6.75. The molecular weight excluding hydrogens is 233 g/mol. The number of benzene rings is 1. The van der Waals surface area contributed by atoms with Crippen LogP contribution in [0.15, 0.2) is 18.2 Å². The zero-order valence-electron chi connectivity index (χ0n) is 8.63. The minimum atomic E-state index is 0. The first-order valence-electron chi connectivity index (χ1n) is 4.89. The van der Waals surface area contributed by atoms with Gasteiger partial charge in [-0.05, 0) is 37.6 Å². The molecule has 0 aliphatic carbocycles. The molecule has 1 aliphatic rings. The Balaban J connectivity index is 0.00000112. The Morgan fingerprint density at radius 2 is 2.27 bits per heavy atom. The van der Waals surface area contributed by atoms with Crippen LogP contribution in [0.3, 0.4) is 0 Å². The van der Waals surface area contributed by atoms with Crippen molar-refractivity contribution < 1.29 is 4.74 Å². The van der Waals surface area contributed by atoms with E-state index in [1.54, 1.807) is 0 Å². The Morgan fingerprint density at radius 3 is 2.87 bits per heavy atom. The summed E-state index contributed by atoms with van der Waals surface area (Å²) in [6, 6.07) is 5.89. The highest BCUT2D eigenvalue weighted by atomic mass is 35.5. The summed E-state index contributed by atoms with van der Waals surface area (Å²) in [4.78, 5) is 0. The third kappa shape index (κ3) is 3.26. The van der Waals surface area contributed by atoms with E-state index in [2.05, 4.69) is 5.32 Å². The van der Waals surface area contributed by atoms with Crippen LogP contribution in [0, 0.1) is 6.92 Å². The second-order valence-electron chi connectivity index (χ2n) is 3.67. The highest BCUT2D eigenvalue weighted by molar-refractivity contribution is 6.32. The molecule has 1 saturated heterocycles. The molecule has 1 aromatic rings. The van der Waals surface area contributed by atoms with E-state index in [1.165, 1.54) is 0 Å². The van der Waals surface area contributed by atoms with E-state index in [-0.39, 0.29) is 18.5 Å². The first-order valence-corrected chi connectivity index (χ1v) is 5.27. The van der Waals surface area contributed by atoms with E-state index in [4.69, 9.17) is 16.3 Å². The van der Waals surface area contributed by atoms with Gasteiger partial charge in [-0.2, -0.15) is 0 Å². The Morgan fingerprint density at radius 1 is 1.47 bits per heavy atom. The van der Waals surface area contributed by atoms with Crippen molar-refractivity contribution in [3.05, 3.63) is 28.8 Å². The molecule has 2 rings (SSSR count). The van der Waals surface area contributed by atoms with Crippen LogP contribution in [0.2, 0.25) is 5.02 Å². The van der Waals surface area contributed by atoms with Gasteiger partial charge in [0.1, 0.15) is 11.9 Å². The lowest BCUT2D eigenvalue weighted by Crippen LogP contribution is -2.19. The molecule has 0 spiro atoms. The average molecular weight is 248 g/mol. The van der Waals surface area contributed by atoms with Crippen molar-refractivity contribution >= 4 is 24.0 Å². The fourth-order valence-corrected chi connectivity index (χ4v) is 1.89. The molecule has 0 bridgehead atoms. The fourth-order valence-electron chi connectivity index (χ4n) is 1.61. The van der Waals surface area contributed by atoms with E-state index in [0.29, 0.717) is 5.02 Å². The topological polar surface area (TPSA) is 21.3 Å². The van der Waals surface area contributed by atoms with Crippen molar-refractivity contribution in [1.29, 1.82) is 0 Å². The van der Waals surface area contributed by atoms with Gasteiger partial charge in [-0.15, -0.1) is 12.4 Å². The van der Waals surface area contributed by atoms with Crippen LogP contribution in [-0.4, -0.2) is 19.2 Å². The summed E-state index contributed by atoms with van der Waals surface area (Å²) in [5.74, 6) is 0.797. The Labute approximate surface area is 101 Å². The van der Waals surface area contributed by atoms with Gasteiger partial charge >= 0.3 is 0 Å². The lowest BCUT2D eigenvalue weighted by atomic mass is 10.2. The van der Waals surface area contributed by atoms with Crippen molar-refractivity contribution in [3.63, 3.8) is 0 Å². The van der Waals surface area contributed by atoms with E-state index in [0.717, 1.165) is 30.8 Å². The van der Waals surface area contributed by atoms with Gasteiger partial charge in [0, 0.05) is 6.54 Å². The maximum atomic E-state index is 6.06. The lowest BCUT2D eigenvalue weighted by molar-refractivity contribution is 0.223. The molecular formula is C11H15Cl2NO. The van der Waals surface area contributed by atoms with Crippen LogP contribution in [0.25, 0.3) is 0 Å². The molecule has 0 amide bonds. The predicted molar refractivity (Wildman–Crippen MR) is 65.3 cm³/mol. The summed E-state index contributed by atoms with van der Waals surface area (Å²) in [6.45, 7) is 3.98. The van der Waals surface area contributed by atoms with Crippen molar-refractivity contribution in [2.24, 2.45) is 0 Å². The van der Waals surface area contributed by atoms with Crippen LogP contribution in [-0.2, 0) is 0 Å². The third-order valence-corrected chi connectivity index (χ3v) is 2.69. The molecule has 1 fully saturated rings. The molecule has 84 valence electrons. The van der Waals surface area contributed by atoms with Gasteiger partial charge in [0.05, 0.1) is 5.02 Å². The monoisotopic (exact) mass is 247 g/mol. The predicted octanol–water partition coefficient (Wildman–Crippen LogP) is 2.81.